The number of fused-ring (bicyclic) bond motifs is 4. The SMILES string of the molecule is CC(C)C(=O)OC1CCC2(C)C(CC(OC(=O)c3ccc(C#N)cc3)C3(C)Oc4cc(-c5cccnc5)oc(=O)c4C(O)C23)C1C. The van der Waals surface area contributed by atoms with Crippen LogP contribution in [0.3, 0.4) is 0 Å². The van der Waals surface area contributed by atoms with Gasteiger partial charge in [-0.3, -0.25) is 9.78 Å². The van der Waals surface area contributed by atoms with Crippen molar-refractivity contribution in [3.05, 3.63) is 82.0 Å². The molecule has 0 saturated heterocycles. The largest absolute Gasteiger partial charge is 0.482 e. The van der Waals surface area contributed by atoms with Crippen molar-refractivity contribution in [1.82, 2.24) is 4.98 Å². The molecule has 2 saturated carbocycles. The van der Waals surface area contributed by atoms with Crippen molar-refractivity contribution in [2.45, 2.75) is 77.8 Å². The molecule has 6 rings (SSSR count). The van der Waals surface area contributed by atoms with Gasteiger partial charge in [0.25, 0.3) is 0 Å². The molecule has 3 aliphatic rings. The number of nitrogens with zero attached hydrogens (tertiary/aromatic N) is 2. The van der Waals surface area contributed by atoms with Crippen LogP contribution in [0.15, 0.2) is 64.1 Å². The van der Waals surface area contributed by atoms with E-state index in [1.165, 1.54) is 12.1 Å². The summed E-state index contributed by atoms with van der Waals surface area (Å²) in [5.74, 6) is -1.74. The van der Waals surface area contributed by atoms with Crippen molar-refractivity contribution in [1.29, 1.82) is 5.26 Å². The molecule has 2 fully saturated rings. The number of esters is 2. The molecule has 0 bridgehead atoms. The predicted molar refractivity (Wildman–Crippen MR) is 165 cm³/mol. The van der Waals surface area contributed by atoms with Crippen LogP contribution in [0, 0.1) is 40.4 Å². The minimum Gasteiger partial charge on any atom is -0.482 e. The number of aliphatic hydroxyl groups is 1. The number of carbonyl (C=O) groups excluding carboxylic acids is 2. The Morgan fingerprint density at radius 2 is 1.89 bits per heavy atom. The third kappa shape index (κ3) is 5.17. The highest BCUT2D eigenvalue weighted by Crippen LogP contribution is 2.65. The van der Waals surface area contributed by atoms with Crippen LogP contribution in [0.2, 0.25) is 0 Å². The Morgan fingerprint density at radius 3 is 2.54 bits per heavy atom. The Kier molecular flexibility index (Phi) is 8.01. The molecule has 1 aliphatic heterocycles. The van der Waals surface area contributed by atoms with Gasteiger partial charge in [0.1, 0.15) is 34.9 Å². The molecular weight excluding hydrogens is 588 g/mol. The van der Waals surface area contributed by atoms with E-state index in [2.05, 4.69) is 11.9 Å². The zero-order chi connectivity index (χ0) is 33.0. The van der Waals surface area contributed by atoms with Gasteiger partial charge in [0, 0.05) is 29.9 Å². The van der Waals surface area contributed by atoms with Gasteiger partial charge in [-0.05, 0) is 79.8 Å². The van der Waals surface area contributed by atoms with E-state index in [0.29, 0.717) is 30.4 Å². The summed E-state index contributed by atoms with van der Waals surface area (Å²) in [7, 11) is 0. The Hall–Kier alpha value is -4.49. The highest BCUT2D eigenvalue weighted by molar-refractivity contribution is 5.89. The van der Waals surface area contributed by atoms with Crippen molar-refractivity contribution in [2.24, 2.45) is 29.1 Å². The van der Waals surface area contributed by atoms with Gasteiger partial charge in [0.15, 0.2) is 0 Å². The van der Waals surface area contributed by atoms with Crippen molar-refractivity contribution >= 4 is 11.9 Å². The van der Waals surface area contributed by atoms with Gasteiger partial charge in [-0.15, -0.1) is 0 Å². The molecule has 2 aliphatic carbocycles. The molecule has 1 N–H and O–H groups in total. The molecule has 46 heavy (non-hydrogen) atoms. The lowest BCUT2D eigenvalue weighted by molar-refractivity contribution is -0.244. The van der Waals surface area contributed by atoms with Gasteiger partial charge in [-0.25, -0.2) is 9.59 Å². The zero-order valence-corrected chi connectivity index (χ0v) is 26.6. The van der Waals surface area contributed by atoms with E-state index in [1.807, 2.05) is 19.9 Å². The van der Waals surface area contributed by atoms with E-state index in [4.69, 9.17) is 18.6 Å². The Balaban J connectivity index is 1.43. The quantitative estimate of drug-likeness (QED) is 0.354. The molecule has 0 radical (unpaired) electrons. The average Bonchev–Trinajstić information content (AvgIpc) is 3.03. The Morgan fingerprint density at radius 1 is 1.15 bits per heavy atom. The van der Waals surface area contributed by atoms with Crippen molar-refractivity contribution in [3.63, 3.8) is 0 Å². The van der Waals surface area contributed by atoms with Crippen molar-refractivity contribution in [2.75, 3.05) is 0 Å². The van der Waals surface area contributed by atoms with Crippen molar-refractivity contribution in [3.8, 4) is 23.1 Å². The summed E-state index contributed by atoms with van der Waals surface area (Å²) >= 11 is 0. The fraction of sp³-hybridized carbons (Fsp3) is 0.472. The average molecular weight is 627 g/mol. The molecular formula is C36H38N2O8. The number of carbonyl (C=O) groups is 2. The van der Waals surface area contributed by atoms with Crippen LogP contribution in [0.1, 0.15) is 81.5 Å². The van der Waals surface area contributed by atoms with Crippen LogP contribution >= 0.6 is 0 Å². The van der Waals surface area contributed by atoms with Gasteiger partial charge < -0.3 is 23.7 Å². The first-order valence-corrected chi connectivity index (χ1v) is 15.7. The summed E-state index contributed by atoms with van der Waals surface area (Å²) in [4.78, 5) is 43.8. The number of aromatic nitrogens is 1. The second-order valence-electron chi connectivity index (χ2n) is 13.6. The van der Waals surface area contributed by atoms with Gasteiger partial charge in [-0.1, -0.05) is 27.7 Å². The van der Waals surface area contributed by atoms with Crippen LogP contribution in [0.25, 0.3) is 11.3 Å². The molecule has 2 aromatic heterocycles. The van der Waals surface area contributed by atoms with Gasteiger partial charge >= 0.3 is 17.6 Å². The smallest absolute Gasteiger partial charge is 0.345 e. The van der Waals surface area contributed by atoms with Crippen LogP contribution < -0.4 is 10.4 Å². The van der Waals surface area contributed by atoms with Gasteiger partial charge in [-0.2, -0.15) is 5.26 Å². The van der Waals surface area contributed by atoms with Crippen LogP contribution in [0.5, 0.6) is 5.75 Å². The summed E-state index contributed by atoms with van der Waals surface area (Å²) < 4.78 is 24.6. The van der Waals surface area contributed by atoms with Crippen molar-refractivity contribution < 1.29 is 33.3 Å². The topological polar surface area (TPSA) is 149 Å². The maximum absolute atomic E-state index is 13.6. The first kappa shape index (κ1) is 31.5. The molecule has 240 valence electrons. The van der Waals surface area contributed by atoms with Gasteiger partial charge in [0.05, 0.1) is 29.2 Å². The summed E-state index contributed by atoms with van der Waals surface area (Å²) in [6.07, 6.45) is 2.21. The third-order valence-corrected chi connectivity index (χ3v) is 10.5. The first-order chi connectivity index (χ1) is 21.9. The summed E-state index contributed by atoms with van der Waals surface area (Å²) in [5.41, 5.74) is -1.28. The predicted octanol–water partition coefficient (Wildman–Crippen LogP) is 5.62. The molecule has 10 nitrogen and oxygen atoms in total. The minimum absolute atomic E-state index is 0.0233. The number of ether oxygens (including phenoxy) is 3. The number of pyridine rings is 1. The fourth-order valence-electron chi connectivity index (χ4n) is 8.14. The highest BCUT2D eigenvalue weighted by atomic mass is 16.6. The van der Waals surface area contributed by atoms with Crippen LogP contribution in [-0.4, -0.2) is 39.8 Å². The van der Waals surface area contributed by atoms with E-state index in [1.54, 1.807) is 56.6 Å². The monoisotopic (exact) mass is 626 g/mol. The molecule has 8 unspecified atom stereocenters. The number of hydrogen-bond acceptors (Lipinski definition) is 10. The Labute approximate surface area is 267 Å². The highest BCUT2D eigenvalue weighted by Gasteiger charge is 2.68. The van der Waals surface area contributed by atoms with E-state index >= 15 is 0 Å². The van der Waals surface area contributed by atoms with E-state index < -0.39 is 40.7 Å². The maximum atomic E-state index is 13.6. The second kappa shape index (κ2) is 11.7. The normalized spacial score (nSPS) is 31.3. The fourth-order valence-corrected chi connectivity index (χ4v) is 8.14. The lowest BCUT2D eigenvalue weighted by Crippen LogP contribution is -2.69. The molecule has 1 aromatic carbocycles. The first-order valence-electron chi connectivity index (χ1n) is 15.7. The molecule has 0 spiro atoms. The maximum Gasteiger partial charge on any atom is 0.345 e. The minimum atomic E-state index is -1.29. The van der Waals surface area contributed by atoms with E-state index in [9.17, 15) is 24.8 Å². The molecule has 10 heteroatoms. The second-order valence-corrected chi connectivity index (χ2v) is 13.6. The number of nitriles is 1. The third-order valence-electron chi connectivity index (χ3n) is 10.5. The summed E-state index contributed by atoms with van der Waals surface area (Å²) in [6.45, 7) is 9.53. The zero-order valence-electron chi connectivity index (χ0n) is 26.6. The number of rotatable bonds is 5. The molecule has 8 atom stereocenters. The summed E-state index contributed by atoms with van der Waals surface area (Å²) in [5, 5.41) is 21.4. The lowest BCUT2D eigenvalue weighted by Gasteiger charge is -2.64. The number of hydrogen-bond donors (Lipinski definition) is 1. The standard InChI is InChI=1S/C36H38N2O8/c1-19(2)32(40)43-25-12-13-35(4)24(20(25)3)15-28(45-33(41)22-10-8-21(17-37)9-11-22)36(5)31(35)30(39)29-27(46-36)16-26(44-34(29)42)23-7-6-14-38-18-23/h6-11,14,16,18-20,24-25,28,30-31,39H,12-13,15H2,1-5H3. The number of benzene rings is 1. The van der Waals surface area contributed by atoms with Gasteiger partial charge in [0.2, 0.25) is 0 Å². The molecule has 0 amide bonds. The lowest BCUT2D eigenvalue weighted by atomic mass is 9.46. The van der Waals surface area contributed by atoms with E-state index in [-0.39, 0.29) is 52.5 Å². The van der Waals surface area contributed by atoms with E-state index in [0.717, 1.165) is 0 Å². The van der Waals surface area contributed by atoms with Crippen LogP contribution in [-0.2, 0) is 14.3 Å². The summed E-state index contributed by atoms with van der Waals surface area (Å²) in [6, 6.07) is 13.3. The molecule has 3 aromatic rings. The van der Waals surface area contributed by atoms with Crippen LogP contribution in [0.4, 0.5) is 0 Å². The Bertz CT molecular complexity index is 1750. The number of aliphatic hydroxyl groups excluding tert-OH is 1. The molecule has 3 heterocycles.